The minimum atomic E-state index is -0.309. The lowest BCUT2D eigenvalue weighted by molar-refractivity contribution is -0.142. The van der Waals surface area contributed by atoms with Crippen LogP contribution in [0, 0.1) is 0 Å². The predicted molar refractivity (Wildman–Crippen MR) is 97.2 cm³/mol. The molecule has 0 bridgehead atoms. The van der Waals surface area contributed by atoms with Gasteiger partial charge in [0.1, 0.15) is 5.75 Å². The van der Waals surface area contributed by atoms with Crippen molar-refractivity contribution in [2.45, 2.75) is 13.3 Å². The van der Waals surface area contributed by atoms with Crippen molar-refractivity contribution >= 4 is 60.5 Å². The monoisotopic (exact) mass is 461 g/mol. The Kier molecular flexibility index (Phi) is 6.55. The van der Waals surface area contributed by atoms with Crippen LogP contribution < -0.4 is 5.43 Å². The predicted octanol–water partition coefficient (Wildman–Crippen LogP) is 3.93. The number of hydrogen-bond acceptors (Lipinski definition) is 7. The number of nitrogens with zero attached hydrogens (tertiary/aromatic N) is 2. The van der Waals surface area contributed by atoms with E-state index in [0.29, 0.717) is 27.5 Å². The maximum atomic E-state index is 11.4. The van der Waals surface area contributed by atoms with Gasteiger partial charge in [0, 0.05) is 15.4 Å². The maximum absolute atomic E-state index is 11.4. The van der Waals surface area contributed by atoms with E-state index in [1.54, 1.807) is 24.4 Å². The van der Waals surface area contributed by atoms with Gasteiger partial charge >= 0.3 is 5.97 Å². The number of nitrogens with one attached hydrogen (secondary N) is 1. The molecular formula is C14H13Br2N3O3S. The number of benzene rings is 1. The zero-order valence-corrected chi connectivity index (χ0v) is 16.0. The van der Waals surface area contributed by atoms with Gasteiger partial charge in [0.05, 0.1) is 29.4 Å². The largest absolute Gasteiger partial charge is 0.506 e. The molecule has 0 spiro atoms. The number of phenolic OH excluding ortho intramolecular Hbond substituents is 1. The fraction of sp³-hybridized carbons (Fsp3) is 0.214. The molecule has 2 N–H and O–H groups in total. The zero-order chi connectivity index (χ0) is 16.8. The average molecular weight is 463 g/mol. The molecule has 0 saturated carbocycles. The van der Waals surface area contributed by atoms with Gasteiger partial charge in [-0.2, -0.15) is 5.10 Å². The standard InChI is InChI=1S/C14H13Br2N3O3S/c1-2-22-12(20)5-10-7-23-14(18-10)19-17-6-8-3-9(15)4-11(16)13(8)21/h3-4,6-7,21H,2,5H2,1H3,(H,18,19)/b17-6-. The highest BCUT2D eigenvalue weighted by atomic mass is 79.9. The number of carbonyl (C=O) groups is 1. The van der Waals surface area contributed by atoms with Crippen molar-refractivity contribution in [2.24, 2.45) is 5.10 Å². The Balaban J connectivity index is 1.99. The van der Waals surface area contributed by atoms with Gasteiger partial charge in [-0.15, -0.1) is 11.3 Å². The van der Waals surface area contributed by atoms with Crippen LogP contribution in [0.15, 0.2) is 31.6 Å². The van der Waals surface area contributed by atoms with Crippen LogP contribution in [0.25, 0.3) is 0 Å². The van der Waals surface area contributed by atoms with Gasteiger partial charge in [-0.05, 0) is 35.0 Å². The van der Waals surface area contributed by atoms with Gasteiger partial charge in [-0.3, -0.25) is 10.2 Å². The Morgan fingerprint density at radius 1 is 1.52 bits per heavy atom. The molecule has 23 heavy (non-hydrogen) atoms. The molecule has 0 atom stereocenters. The number of halogens is 2. The van der Waals surface area contributed by atoms with Gasteiger partial charge < -0.3 is 9.84 Å². The zero-order valence-electron chi connectivity index (χ0n) is 12.0. The van der Waals surface area contributed by atoms with Crippen LogP contribution in [0.2, 0.25) is 0 Å². The van der Waals surface area contributed by atoms with Gasteiger partial charge in [0.15, 0.2) is 0 Å². The Hall–Kier alpha value is -1.45. The van der Waals surface area contributed by atoms with Crippen LogP contribution in [0.1, 0.15) is 18.2 Å². The smallest absolute Gasteiger partial charge is 0.311 e. The lowest BCUT2D eigenvalue weighted by Crippen LogP contribution is -2.07. The first-order chi connectivity index (χ1) is 11.0. The Bertz CT molecular complexity index is 734. The number of aromatic nitrogens is 1. The number of rotatable bonds is 6. The van der Waals surface area contributed by atoms with E-state index in [-0.39, 0.29) is 18.1 Å². The molecule has 0 amide bonds. The van der Waals surface area contributed by atoms with E-state index in [1.165, 1.54) is 17.6 Å². The van der Waals surface area contributed by atoms with Crippen molar-refractivity contribution in [3.8, 4) is 5.75 Å². The molecule has 2 aromatic rings. The lowest BCUT2D eigenvalue weighted by Gasteiger charge is -2.02. The number of thiazole rings is 1. The molecular weight excluding hydrogens is 450 g/mol. The van der Waals surface area contributed by atoms with Crippen molar-refractivity contribution in [1.82, 2.24) is 4.98 Å². The first-order valence-corrected chi connectivity index (χ1v) is 9.03. The first kappa shape index (κ1) is 17.9. The second-order valence-electron chi connectivity index (χ2n) is 4.32. The minimum Gasteiger partial charge on any atom is -0.506 e. The first-order valence-electron chi connectivity index (χ1n) is 6.56. The molecule has 1 heterocycles. The third-order valence-electron chi connectivity index (χ3n) is 2.60. The molecule has 0 saturated heterocycles. The van der Waals surface area contributed by atoms with Gasteiger partial charge in [0.2, 0.25) is 5.13 Å². The number of phenols is 1. The van der Waals surface area contributed by atoms with E-state index in [0.717, 1.165) is 4.47 Å². The molecule has 0 aliphatic carbocycles. The van der Waals surface area contributed by atoms with Gasteiger partial charge in [-0.1, -0.05) is 15.9 Å². The van der Waals surface area contributed by atoms with E-state index in [2.05, 4.69) is 47.4 Å². The molecule has 9 heteroatoms. The molecule has 6 nitrogen and oxygen atoms in total. The molecule has 0 fully saturated rings. The molecule has 0 aliphatic heterocycles. The summed E-state index contributed by atoms with van der Waals surface area (Å²) in [5.74, 6) is -0.211. The molecule has 0 radical (unpaired) electrons. The Morgan fingerprint density at radius 3 is 3.04 bits per heavy atom. The van der Waals surface area contributed by atoms with E-state index >= 15 is 0 Å². The number of ether oxygens (including phenoxy) is 1. The van der Waals surface area contributed by atoms with Crippen molar-refractivity contribution in [3.05, 3.63) is 37.7 Å². The van der Waals surface area contributed by atoms with E-state index in [1.807, 2.05) is 0 Å². The van der Waals surface area contributed by atoms with E-state index < -0.39 is 0 Å². The second kappa shape index (κ2) is 8.42. The highest BCUT2D eigenvalue weighted by molar-refractivity contribution is 9.11. The number of hydrogen-bond donors (Lipinski definition) is 2. The molecule has 0 aliphatic rings. The third-order valence-corrected chi connectivity index (χ3v) is 4.46. The molecule has 0 unspecified atom stereocenters. The Morgan fingerprint density at radius 2 is 2.30 bits per heavy atom. The van der Waals surface area contributed by atoms with Crippen molar-refractivity contribution in [1.29, 1.82) is 0 Å². The Labute approximate surface area is 153 Å². The minimum absolute atomic E-state index is 0.0980. The summed E-state index contributed by atoms with van der Waals surface area (Å²) in [5, 5.41) is 16.3. The third kappa shape index (κ3) is 5.29. The summed E-state index contributed by atoms with van der Waals surface area (Å²) >= 11 is 7.93. The fourth-order valence-corrected chi connectivity index (χ4v) is 3.56. The molecule has 1 aromatic heterocycles. The van der Waals surface area contributed by atoms with Crippen molar-refractivity contribution in [3.63, 3.8) is 0 Å². The number of carbonyl (C=O) groups excluding carboxylic acids is 1. The number of aromatic hydroxyl groups is 1. The van der Waals surface area contributed by atoms with Crippen molar-refractivity contribution < 1.29 is 14.6 Å². The van der Waals surface area contributed by atoms with Gasteiger partial charge in [0.25, 0.3) is 0 Å². The fourth-order valence-electron chi connectivity index (χ4n) is 1.64. The van der Waals surface area contributed by atoms with Crippen LogP contribution in [0.3, 0.4) is 0 Å². The van der Waals surface area contributed by atoms with E-state index in [4.69, 9.17) is 4.74 Å². The molecule has 2 rings (SSSR count). The van der Waals surface area contributed by atoms with Crippen molar-refractivity contribution in [2.75, 3.05) is 12.0 Å². The summed E-state index contributed by atoms with van der Waals surface area (Å²) in [6.45, 7) is 2.11. The SMILES string of the molecule is CCOC(=O)Cc1csc(N/N=C\c2cc(Br)cc(Br)c2O)n1. The lowest BCUT2D eigenvalue weighted by atomic mass is 10.2. The van der Waals surface area contributed by atoms with Crippen LogP contribution >= 0.6 is 43.2 Å². The van der Waals surface area contributed by atoms with Crippen LogP contribution in [0.4, 0.5) is 5.13 Å². The summed E-state index contributed by atoms with van der Waals surface area (Å²) < 4.78 is 6.25. The number of anilines is 1. The normalized spacial score (nSPS) is 10.9. The summed E-state index contributed by atoms with van der Waals surface area (Å²) in [7, 11) is 0. The van der Waals surface area contributed by atoms with Gasteiger partial charge in [-0.25, -0.2) is 4.98 Å². The average Bonchev–Trinajstić information content (AvgIpc) is 2.91. The summed E-state index contributed by atoms with van der Waals surface area (Å²) in [6, 6.07) is 3.47. The maximum Gasteiger partial charge on any atom is 0.311 e. The molecule has 1 aromatic carbocycles. The summed E-state index contributed by atoms with van der Waals surface area (Å²) in [5.41, 5.74) is 3.94. The highest BCUT2D eigenvalue weighted by Crippen LogP contribution is 2.30. The summed E-state index contributed by atoms with van der Waals surface area (Å²) in [4.78, 5) is 15.6. The topological polar surface area (TPSA) is 83.8 Å². The second-order valence-corrected chi connectivity index (χ2v) is 6.95. The quantitative estimate of drug-likeness (QED) is 0.386. The van der Waals surface area contributed by atoms with Crippen LogP contribution in [0.5, 0.6) is 5.75 Å². The number of hydrazone groups is 1. The van der Waals surface area contributed by atoms with Crippen LogP contribution in [-0.4, -0.2) is 28.9 Å². The molecule has 122 valence electrons. The van der Waals surface area contributed by atoms with E-state index in [9.17, 15) is 9.90 Å². The van der Waals surface area contributed by atoms with Crippen LogP contribution in [-0.2, 0) is 16.0 Å². The number of esters is 1. The highest BCUT2D eigenvalue weighted by Gasteiger charge is 2.08. The summed E-state index contributed by atoms with van der Waals surface area (Å²) in [6.07, 6.45) is 1.62.